The fraction of sp³-hybridized carbons (Fsp3) is 0.625. The number of nitrogens with one attached hydrogen (secondary N) is 3. The smallest absolute Gasteiger partial charge is 0.333 e. The van der Waals surface area contributed by atoms with Gasteiger partial charge in [0.05, 0.1) is 13.1 Å². The topological polar surface area (TPSA) is 304 Å². The van der Waals surface area contributed by atoms with Crippen LogP contribution in [-0.4, -0.2) is 112 Å². The second-order valence-electron chi connectivity index (χ2n) is 12.0. The van der Waals surface area contributed by atoms with Crippen LogP contribution in [0, 0.1) is 0 Å². The van der Waals surface area contributed by atoms with Crippen molar-refractivity contribution < 1.29 is 72.0 Å². The fourth-order valence-corrected chi connectivity index (χ4v) is 4.64. The monoisotopic (exact) mass is 767 g/mol. The molecule has 0 bridgehead atoms. The van der Waals surface area contributed by atoms with Crippen LogP contribution in [0.3, 0.4) is 0 Å². The molecule has 0 spiro atoms. The zero-order valence-corrected chi connectivity index (χ0v) is 29.7. The molecule has 8 amide bonds. The quantitative estimate of drug-likeness (QED) is 0.0496. The van der Waals surface area contributed by atoms with Crippen LogP contribution in [0.5, 0.6) is 0 Å². The molecular formula is C32H45N7O15. The summed E-state index contributed by atoms with van der Waals surface area (Å²) in [6.45, 7) is 1.16. The lowest BCUT2D eigenvalue weighted by Gasteiger charge is -2.13. The van der Waals surface area contributed by atoms with E-state index in [1.54, 1.807) is 0 Å². The molecule has 0 radical (unpaired) electrons. The third kappa shape index (κ3) is 17.3. The molecule has 0 atom stereocenters. The van der Waals surface area contributed by atoms with Crippen molar-refractivity contribution in [2.75, 3.05) is 26.3 Å². The van der Waals surface area contributed by atoms with Gasteiger partial charge in [-0.3, -0.25) is 48.5 Å². The van der Waals surface area contributed by atoms with Crippen LogP contribution in [0.2, 0.25) is 0 Å². The van der Waals surface area contributed by atoms with Crippen molar-refractivity contribution in [2.24, 2.45) is 5.73 Å². The van der Waals surface area contributed by atoms with Gasteiger partial charge < -0.3 is 30.9 Å². The minimum atomic E-state index is -0.838. The molecule has 0 aromatic heterocycles. The highest BCUT2D eigenvalue weighted by atomic mass is 16.7. The lowest BCUT2D eigenvalue weighted by Crippen LogP contribution is -2.38. The van der Waals surface area contributed by atoms with Gasteiger partial charge in [-0.15, -0.1) is 15.2 Å². The minimum absolute atomic E-state index is 0.00364. The van der Waals surface area contributed by atoms with Crippen molar-refractivity contribution >= 4 is 70.9 Å². The summed E-state index contributed by atoms with van der Waals surface area (Å²) in [4.78, 5) is 150. The minimum Gasteiger partial charge on any atom is -0.370 e. The van der Waals surface area contributed by atoms with Gasteiger partial charge in [0, 0.05) is 77.3 Å². The van der Waals surface area contributed by atoms with Crippen LogP contribution < -0.4 is 21.7 Å². The van der Waals surface area contributed by atoms with Crippen LogP contribution in [0.15, 0.2) is 0 Å². The maximum Gasteiger partial charge on any atom is 0.333 e. The first-order valence-electron chi connectivity index (χ1n) is 17.4. The Balaban J connectivity index is 0.000000389. The first kappa shape index (κ1) is 44.5. The van der Waals surface area contributed by atoms with E-state index in [2.05, 4.69) is 25.6 Å². The molecule has 0 aromatic rings. The third-order valence-electron chi connectivity index (χ3n) is 7.47. The highest BCUT2D eigenvalue weighted by Crippen LogP contribution is 2.16. The molecule has 0 aromatic carbocycles. The summed E-state index contributed by atoms with van der Waals surface area (Å²) >= 11 is 0. The van der Waals surface area contributed by atoms with Gasteiger partial charge >= 0.3 is 17.9 Å². The number of hydrogen-bond donors (Lipinski definition) is 4. The summed E-state index contributed by atoms with van der Waals surface area (Å²) in [5, 5.41) is 9.79. The SMILES string of the molecule is NC(=O)CCCCCNCNCC(=O)CNC(=O)CCCC(=O)ON1C(=O)CCC1=O.O=C(CCCC(=O)ON1C(=O)CCC1=O)ON1C(=O)CCC1=O. The van der Waals surface area contributed by atoms with Gasteiger partial charge in [-0.05, 0) is 32.2 Å². The molecule has 0 unspecified atom stereocenters. The molecule has 3 rings (SSSR count). The van der Waals surface area contributed by atoms with Gasteiger partial charge in [0.15, 0.2) is 5.78 Å². The molecule has 3 aliphatic rings. The molecule has 22 nitrogen and oxygen atoms in total. The van der Waals surface area contributed by atoms with Crippen LogP contribution >= 0.6 is 0 Å². The highest BCUT2D eigenvalue weighted by molar-refractivity contribution is 6.03. The number of ketones is 1. The Morgan fingerprint density at radius 3 is 1.31 bits per heavy atom. The first-order valence-corrected chi connectivity index (χ1v) is 17.4. The predicted octanol–water partition coefficient (Wildman–Crippen LogP) is -2.00. The maximum absolute atomic E-state index is 11.7. The van der Waals surface area contributed by atoms with Crippen LogP contribution in [-0.2, 0) is 72.0 Å². The van der Waals surface area contributed by atoms with Crippen LogP contribution in [0.25, 0.3) is 0 Å². The Bertz CT molecular complexity index is 1370. The number of amides is 8. The van der Waals surface area contributed by atoms with E-state index in [1.807, 2.05) is 0 Å². The Labute approximate surface area is 308 Å². The zero-order valence-electron chi connectivity index (χ0n) is 29.7. The van der Waals surface area contributed by atoms with Crippen molar-refractivity contribution in [2.45, 2.75) is 103 Å². The molecule has 5 N–H and O–H groups in total. The first-order chi connectivity index (χ1) is 25.7. The Morgan fingerprint density at radius 2 is 0.907 bits per heavy atom. The standard InChI is InChI=1S/C19H31N5O7.C13H14N2O8/c20-15(26)5-2-1-3-10-21-13-22-11-14(25)12-23-16(27)6-4-7-19(30)31-24-17(28)8-9-18(24)29;16-8-4-5-9(17)14(8)22-12(20)2-1-3-13(21)23-15-10(18)6-7-11(15)19/h21-22H,1-13H2,(H2,20,26)(H,23,27);1-7H2. The van der Waals surface area contributed by atoms with Crippen molar-refractivity contribution in [1.82, 2.24) is 31.1 Å². The fourth-order valence-electron chi connectivity index (χ4n) is 4.64. The summed E-state index contributed by atoms with van der Waals surface area (Å²) in [5.74, 6) is -6.79. The molecule has 54 heavy (non-hydrogen) atoms. The molecular weight excluding hydrogens is 722 g/mol. The van der Waals surface area contributed by atoms with Gasteiger partial charge in [-0.25, -0.2) is 14.4 Å². The number of hydrogen-bond acceptors (Lipinski definition) is 17. The number of carbonyl (C=O) groups is 12. The number of hydroxylamine groups is 6. The lowest BCUT2D eigenvalue weighted by atomic mass is 10.2. The Kier molecular flexibility index (Phi) is 19.6. The molecule has 3 saturated heterocycles. The molecule has 0 aliphatic carbocycles. The number of nitrogens with two attached hydrogens (primary N) is 1. The number of rotatable bonds is 23. The van der Waals surface area contributed by atoms with Crippen molar-refractivity contribution in [3.8, 4) is 0 Å². The zero-order chi connectivity index (χ0) is 40.0. The average Bonchev–Trinajstić information content (AvgIpc) is 3.73. The lowest BCUT2D eigenvalue weighted by molar-refractivity contribution is -0.199. The molecule has 3 heterocycles. The summed E-state index contributed by atoms with van der Waals surface area (Å²) in [7, 11) is 0. The third-order valence-corrected chi connectivity index (χ3v) is 7.47. The van der Waals surface area contributed by atoms with E-state index < -0.39 is 53.4 Å². The second kappa shape index (κ2) is 23.8. The second-order valence-corrected chi connectivity index (χ2v) is 12.0. The van der Waals surface area contributed by atoms with Crippen molar-refractivity contribution in [3.05, 3.63) is 0 Å². The molecule has 3 fully saturated rings. The summed E-state index contributed by atoms with van der Waals surface area (Å²) in [5.41, 5.74) is 5.05. The van der Waals surface area contributed by atoms with E-state index in [0.717, 1.165) is 25.8 Å². The molecule has 298 valence electrons. The number of Topliss-reactive ketones (excluding diaryl/α,β-unsaturated/α-hetero) is 1. The molecule has 0 saturated carbocycles. The van der Waals surface area contributed by atoms with E-state index in [-0.39, 0.29) is 108 Å². The van der Waals surface area contributed by atoms with E-state index >= 15 is 0 Å². The number of imide groups is 3. The van der Waals surface area contributed by atoms with Crippen LogP contribution in [0.1, 0.15) is 103 Å². The van der Waals surface area contributed by atoms with E-state index in [4.69, 9.17) is 10.6 Å². The van der Waals surface area contributed by atoms with Gasteiger partial charge in [-0.1, -0.05) is 6.42 Å². The number of carbonyl (C=O) groups excluding carboxylic acids is 12. The van der Waals surface area contributed by atoms with E-state index in [1.165, 1.54) is 0 Å². The van der Waals surface area contributed by atoms with Gasteiger partial charge in [0.1, 0.15) is 0 Å². The summed E-state index contributed by atoms with van der Waals surface area (Å²) in [6, 6.07) is 0. The van der Waals surface area contributed by atoms with Crippen molar-refractivity contribution in [1.29, 1.82) is 0 Å². The number of unbranched alkanes of at least 4 members (excludes halogenated alkanes) is 2. The summed E-state index contributed by atoms with van der Waals surface area (Å²) < 4.78 is 0. The van der Waals surface area contributed by atoms with Crippen LogP contribution in [0.4, 0.5) is 0 Å². The van der Waals surface area contributed by atoms with E-state index in [9.17, 15) is 57.5 Å². The number of primary amides is 1. The molecule has 22 heteroatoms. The summed E-state index contributed by atoms with van der Waals surface area (Å²) in [6.07, 6.45) is 2.58. The van der Waals surface area contributed by atoms with E-state index in [0.29, 0.717) is 28.3 Å². The van der Waals surface area contributed by atoms with Gasteiger partial charge in [0.25, 0.3) is 35.4 Å². The van der Waals surface area contributed by atoms with Gasteiger partial charge in [-0.2, -0.15) is 0 Å². The average molecular weight is 768 g/mol. The largest absolute Gasteiger partial charge is 0.370 e. The van der Waals surface area contributed by atoms with Gasteiger partial charge in [0.2, 0.25) is 11.8 Å². The normalized spacial score (nSPS) is 15.3. The highest BCUT2D eigenvalue weighted by Gasteiger charge is 2.35. The molecule has 3 aliphatic heterocycles. The maximum atomic E-state index is 11.7. The van der Waals surface area contributed by atoms with Crippen molar-refractivity contribution in [3.63, 3.8) is 0 Å². The number of nitrogens with zero attached hydrogens (tertiary/aromatic N) is 3. The Morgan fingerprint density at radius 1 is 0.500 bits per heavy atom. The predicted molar refractivity (Wildman–Crippen MR) is 176 cm³/mol. The Hall–Kier alpha value is -5.64.